The third kappa shape index (κ3) is 2.90. The molecule has 31 heavy (non-hydrogen) atoms. The number of carbonyl (C=O) groups excluding carboxylic acids is 1. The van der Waals surface area contributed by atoms with E-state index in [-0.39, 0.29) is 22.4 Å². The highest BCUT2D eigenvalue weighted by atomic mass is 16.6. The zero-order valence-corrected chi connectivity index (χ0v) is 16.4. The largest absolute Gasteiger partial charge is 0.450 e. The fraction of sp³-hybridized carbons (Fsp3) is 0.0833. The third-order valence-electron chi connectivity index (χ3n) is 5.45. The monoisotopic (exact) mass is 412 g/mol. The van der Waals surface area contributed by atoms with E-state index >= 15 is 0 Å². The molecule has 0 aliphatic carbocycles. The van der Waals surface area contributed by atoms with Crippen LogP contribution in [0, 0.1) is 17.0 Å². The summed E-state index contributed by atoms with van der Waals surface area (Å²) in [5.41, 5.74) is 2.05. The fourth-order valence-corrected chi connectivity index (χ4v) is 4.09. The van der Waals surface area contributed by atoms with E-state index in [4.69, 9.17) is 4.42 Å². The zero-order chi connectivity index (χ0) is 21.7. The van der Waals surface area contributed by atoms with E-state index < -0.39 is 16.9 Å². The first-order chi connectivity index (χ1) is 15.0. The smallest absolute Gasteiger partial charge is 0.295 e. The van der Waals surface area contributed by atoms with Crippen LogP contribution in [0.1, 0.15) is 33.3 Å². The Balaban J connectivity index is 1.83. The minimum absolute atomic E-state index is 0.0401. The number of nitro groups is 1. The fourth-order valence-electron chi connectivity index (χ4n) is 4.09. The molecule has 0 spiro atoms. The van der Waals surface area contributed by atoms with E-state index in [2.05, 4.69) is 0 Å². The highest BCUT2D eigenvalue weighted by Gasteiger charge is 2.44. The van der Waals surface area contributed by atoms with Crippen molar-refractivity contribution in [3.8, 4) is 0 Å². The Bertz CT molecular complexity index is 1440. The van der Waals surface area contributed by atoms with E-state index in [1.807, 2.05) is 25.1 Å². The van der Waals surface area contributed by atoms with E-state index in [1.54, 1.807) is 42.5 Å². The van der Waals surface area contributed by atoms with Gasteiger partial charge in [-0.25, -0.2) is 0 Å². The molecule has 0 radical (unpaired) electrons. The first-order valence-corrected chi connectivity index (χ1v) is 9.66. The van der Waals surface area contributed by atoms with E-state index in [0.29, 0.717) is 22.2 Å². The summed E-state index contributed by atoms with van der Waals surface area (Å²) in [6, 6.07) is 19.2. The Morgan fingerprint density at radius 3 is 2.52 bits per heavy atom. The Morgan fingerprint density at radius 1 is 0.968 bits per heavy atom. The Labute approximate surface area is 176 Å². The van der Waals surface area contributed by atoms with Gasteiger partial charge in [0.2, 0.25) is 5.76 Å². The topological polar surface area (TPSA) is 93.7 Å². The van der Waals surface area contributed by atoms with Gasteiger partial charge >= 0.3 is 0 Å². The van der Waals surface area contributed by atoms with Crippen LogP contribution in [0.25, 0.3) is 11.0 Å². The number of nitrogens with zero attached hydrogens (tertiary/aromatic N) is 2. The summed E-state index contributed by atoms with van der Waals surface area (Å²) in [5.74, 6) is -0.498. The van der Waals surface area contributed by atoms with E-state index in [0.717, 1.165) is 5.56 Å². The zero-order valence-electron chi connectivity index (χ0n) is 16.4. The Morgan fingerprint density at radius 2 is 1.74 bits per heavy atom. The van der Waals surface area contributed by atoms with Gasteiger partial charge in [0.15, 0.2) is 5.43 Å². The number of nitro benzene ring substituents is 1. The molecule has 1 aliphatic rings. The molecule has 1 unspecified atom stereocenters. The lowest BCUT2D eigenvalue weighted by atomic mass is 9.97. The summed E-state index contributed by atoms with van der Waals surface area (Å²) in [5, 5.41) is 11.7. The maximum absolute atomic E-state index is 13.5. The molecule has 152 valence electrons. The molecule has 7 heteroatoms. The molecule has 0 bridgehead atoms. The van der Waals surface area contributed by atoms with Crippen molar-refractivity contribution in [1.29, 1.82) is 0 Å². The van der Waals surface area contributed by atoms with Gasteiger partial charge in [0, 0.05) is 17.8 Å². The number of carbonyl (C=O) groups is 1. The summed E-state index contributed by atoms with van der Waals surface area (Å²) >= 11 is 0. The lowest BCUT2D eigenvalue weighted by Gasteiger charge is -2.25. The molecule has 5 rings (SSSR count). The van der Waals surface area contributed by atoms with Crippen LogP contribution in [0.15, 0.2) is 82.0 Å². The van der Waals surface area contributed by atoms with Gasteiger partial charge < -0.3 is 4.42 Å². The van der Waals surface area contributed by atoms with Crippen LogP contribution in [-0.2, 0) is 0 Å². The standard InChI is InChI=1S/C24H16N2O5/c1-14-6-4-8-16(12-14)25-21(15-7-5-9-17(13-15)26(29)30)20-22(27)18-10-2-3-11-19(18)31-23(20)24(25)28/h2-13,21H,1H3. The van der Waals surface area contributed by atoms with Crippen LogP contribution in [0.3, 0.4) is 0 Å². The Kier molecular flexibility index (Phi) is 4.18. The van der Waals surface area contributed by atoms with Gasteiger partial charge in [-0.15, -0.1) is 0 Å². The SMILES string of the molecule is Cc1cccc(N2C(=O)c3oc4ccccc4c(=O)c3C2c2cccc([N+](=O)[O-])c2)c1. The second-order valence-electron chi connectivity index (χ2n) is 7.44. The molecule has 0 fully saturated rings. The number of para-hydroxylation sites is 1. The van der Waals surface area contributed by atoms with Gasteiger partial charge in [0.1, 0.15) is 5.58 Å². The third-order valence-corrected chi connectivity index (χ3v) is 5.45. The summed E-state index contributed by atoms with van der Waals surface area (Å²) in [6.45, 7) is 1.90. The van der Waals surface area contributed by atoms with Gasteiger partial charge in [-0.1, -0.05) is 36.4 Å². The molecular formula is C24H16N2O5. The van der Waals surface area contributed by atoms with Crippen molar-refractivity contribution in [3.05, 3.63) is 116 Å². The van der Waals surface area contributed by atoms with Crippen LogP contribution in [0.2, 0.25) is 0 Å². The summed E-state index contributed by atoms with van der Waals surface area (Å²) < 4.78 is 5.88. The normalized spacial score (nSPS) is 15.3. The molecule has 1 amide bonds. The van der Waals surface area contributed by atoms with Crippen molar-refractivity contribution < 1.29 is 14.1 Å². The summed E-state index contributed by atoms with van der Waals surface area (Å²) in [7, 11) is 0. The molecule has 3 aromatic carbocycles. The van der Waals surface area contributed by atoms with Gasteiger partial charge in [0.25, 0.3) is 11.6 Å². The number of hydrogen-bond donors (Lipinski definition) is 0. The average molecular weight is 412 g/mol. The van der Waals surface area contributed by atoms with E-state index in [9.17, 15) is 19.7 Å². The van der Waals surface area contributed by atoms with Crippen LogP contribution in [-0.4, -0.2) is 10.8 Å². The maximum atomic E-state index is 13.5. The van der Waals surface area contributed by atoms with Crippen molar-refractivity contribution >= 4 is 28.3 Å². The molecule has 0 saturated heterocycles. The van der Waals surface area contributed by atoms with Gasteiger partial charge in [-0.05, 0) is 42.3 Å². The van der Waals surface area contributed by atoms with Gasteiger partial charge in [0.05, 0.1) is 21.9 Å². The number of hydrogen-bond acceptors (Lipinski definition) is 5. The van der Waals surface area contributed by atoms with Crippen molar-refractivity contribution in [2.45, 2.75) is 13.0 Å². The quantitative estimate of drug-likeness (QED) is 0.357. The number of benzene rings is 3. The second-order valence-corrected chi connectivity index (χ2v) is 7.44. The van der Waals surface area contributed by atoms with Crippen LogP contribution < -0.4 is 10.3 Å². The summed E-state index contributed by atoms with van der Waals surface area (Å²) in [4.78, 5) is 39.2. The summed E-state index contributed by atoms with van der Waals surface area (Å²) in [6.07, 6.45) is 0. The highest BCUT2D eigenvalue weighted by molar-refractivity contribution is 6.10. The van der Waals surface area contributed by atoms with Crippen molar-refractivity contribution in [1.82, 2.24) is 0 Å². The number of anilines is 1. The average Bonchev–Trinajstić information content (AvgIpc) is 3.07. The Hall–Kier alpha value is -4.26. The highest BCUT2D eigenvalue weighted by Crippen LogP contribution is 2.41. The molecular weight excluding hydrogens is 396 g/mol. The predicted molar refractivity (Wildman–Crippen MR) is 115 cm³/mol. The van der Waals surface area contributed by atoms with Crippen molar-refractivity contribution in [2.24, 2.45) is 0 Å². The molecule has 0 saturated carbocycles. The predicted octanol–water partition coefficient (Wildman–Crippen LogP) is 4.76. The first kappa shape index (κ1) is 18.7. The van der Waals surface area contributed by atoms with Crippen LogP contribution >= 0.6 is 0 Å². The number of fused-ring (bicyclic) bond motifs is 2. The maximum Gasteiger partial charge on any atom is 0.295 e. The lowest BCUT2D eigenvalue weighted by molar-refractivity contribution is -0.384. The molecule has 1 aliphatic heterocycles. The lowest BCUT2D eigenvalue weighted by Crippen LogP contribution is -2.29. The second kappa shape index (κ2) is 6.91. The number of rotatable bonds is 3. The molecule has 4 aromatic rings. The van der Waals surface area contributed by atoms with Gasteiger partial charge in [-0.3, -0.25) is 24.6 Å². The minimum atomic E-state index is -0.843. The molecule has 7 nitrogen and oxygen atoms in total. The van der Waals surface area contributed by atoms with Crippen molar-refractivity contribution in [3.63, 3.8) is 0 Å². The van der Waals surface area contributed by atoms with Crippen molar-refractivity contribution in [2.75, 3.05) is 4.90 Å². The number of aryl methyl sites for hydroxylation is 1. The minimum Gasteiger partial charge on any atom is -0.450 e. The number of amides is 1. The molecule has 1 atom stereocenters. The molecule has 0 N–H and O–H groups in total. The van der Waals surface area contributed by atoms with E-state index in [1.165, 1.54) is 17.0 Å². The van der Waals surface area contributed by atoms with Crippen LogP contribution in [0.5, 0.6) is 0 Å². The first-order valence-electron chi connectivity index (χ1n) is 9.66. The van der Waals surface area contributed by atoms with Gasteiger partial charge in [-0.2, -0.15) is 0 Å². The van der Waals surface area contributed by atoms with Crippen LogP contribution in [0.4, 0.5) is 11.4 Å². The number of non-ortho nitro benzene ring substituents is 1. The molecule has 1 aromatic heterocycles. The molecule has 2 heterocycles.